The average Bonchev–Trinajstić information content (AvgIpc) is 2.93. The van der Waals surface area contributed by atoms with E-state index in [1.807, 2.05) is 7.05 Å². The molecule has 2 aromatic rings. The first-order chi connectivity index (χ1) is 7.83. The second-order valence-electron chi connectivity index (χ2n) is 3.54. The first-order valence-corrected chi connectivity index (χ1v) is 7.05. The zero-order valence-electron chi connectivity index (χ0n) is 9.43. The van der Waals surface area contributed by atoms with Crippen LogP contribution in [0, 0.1) is 0 Å². The highest BCUT2D eigenvalue weighted by atomic mass is 32.1. The summed E-state index contributed by atoms with van der Waals surface area (Å²) in [6.07, 6.45) is 1.96. The Morgan fingerprint density at radius 3 is 2.94 bits per heavy atom. The van der Waals surface area contributed by atoms with Crippen molar-refractivity contribution in [2.45, 2.75) is 25.8 Å². The van der Waals surface area contributed by atoms with Gasteiger partial charge >= 0.3 is 0 Å². The van der Waals surface area contributed by atoms with Crippen LogP contribution < -0.4 is 5.32 Å². The van der Waals surface area contributed by atoms with Crippen LogP contribution in [-0.2, 0) is 6.42 Å². The molecular formula is C11H15N3S2. The van der Waals surface area contributed by atoms with Gasteiger partial charge in [-0.05, 0) is 24.9 Å². The van der Waals surface area contributed by atoms with Crippen LogP contribution in [0.15, 0.2) is 17.5 Å². The monoisotopic (exact) mass is 253 g/mol. The number of thiophene rings is 1. The van der Waals surface area contributed by atoms with Crippen molar-refractivity contribution in [2.75, 3.05) is 7.05 Å². The third-order valence-corrected chi connectivity index (χ3v) is 4.36. The zero-order valence-corrected chi connectivity index (χ0v) is 11.1. The van der Waals surface area contributed by atoms with Gasteiger partial charge in [-0.3, -0.25) is 0 Å². The van der Waals surface area contributed by atoms with Crippen molar-refractivity contribution in [3.63, 3.8) is 0 Å². The smallest absolute Gasteiger partial charge is 0.134 e. The minimum atomic E-state index is 0.342. The van der Waals surface area contributed by atoms with Crippen LogP contribution in [-0.4, -0.2) is 17.2 Å². The average molecular weight is 253 g/mol. The molecule has 86 valence electrons. The van der Waals surface area contributed by atoms with Crippen molar-refractivity contribution < 1.29 is 0 Å². The van der Waals surface area contributed by atoms with Crippen LogP contribution in [0.2, 0.25) is 0 Å². The van der Waals surface area contributed by atoms with Crippen LogP contribution in [0.1, 0.15) is 34.3 Å². The molecule has 0 aliphatic carbocycles. The fourth-order valence-corrected chi connectivity index (χ4v) is 3.40. The van der Waals surface area contributed by atoms with E-state index in [4.69, 9.17) is 0 Å². The van der Waals surface area contributed by atoms with Gasteiger partial charge in [0.05, 0.1) is 6.04 Å². The number of hydrogen-bond donors (Lipinski definition) is 1. The molecule has 0 amide bonds. The summed E-state index contributed by atoms with van der Waals surface area (Å²) in [6, 6.07) is 4.56. The van der Waals surface area contributed by atoms with Crippen LogP contribution in [0.4, 0.5) is 0 Å². The maximum Gasteiger partial charge on any atom is 0.134 e. The van der Waals surface area contributed by atoms with Crippen LogP contribution in [0.25, 0.3) is 0 Å². The lowest BCUT2D eigenvalue weighted by Crippen LogP contribution is -2.14. The van der Waals surface area contributed by atoms with Crippen molar-refractivity contribution in [1.29, 1.82) is 0 Å². The van der Waals surface area contributed by atoms with Crippen molar-refractivity contribution in [3.8, 4) is 0 Å². The Bertz CT molecular complexity index is 418. The van der Waals surface area contributed by atoms with Gasteiger partial charge in [0.2, 0.25) is 0 Å². The molecule has 0 aliphatic heterocycles. The van der Waals surface area contributed by atoms with Gasteiger partial charge in [-0.25, -0.2) is 0 Å². The molecule has 2 heterocycles. The van der Waals surface area contributed by atoms with E-state index in [-0.39, 0.29) is 0 Å². The molecule has 1 unspecified atom stereocenters. The van der Waals surface area contributed by atoms with E-state index in [1.54, 1.807) is 22.7 Å². The number of nitrogens with zero attached hydrogens (tertiary/aromatic N) is 2. The van der Waals surface area contributed by atoms with Crippen molar-refractivity contribution >= 4 is 22.7 Å². The van der Waals surface area contributed by atoms with Gasteiger partial charge in [0, 0.05) is 11.3 Å². The summed E-state index contributed by atoms with van der Waals surface area (Å²) in [6.45, 7) is 2.15. The second-order valence-corrected chi connectivity index (χ2v) is 5.67. The zero-order chi connectivity index (χ0) is 11.4. The molecule has 1 atom stereocenters. The molecule has 0 saturated heterocycles. The minimum absolute atomic E-state index is 0.342. The first-order valence-electron chi connectivity index (χ1n) is 5.35. The van der Waals surface area contributed by atoms with E-state index in [1.165, 1.54) is 4.88 Å². The number of rotatable bonds is 5. The fourth-order valence-electron chi connectivity index (χ4n) is 1.54. The molecule has 1 N–H and O–H groups in total. The standard InChI is InChI=1S/C11H15N3S2/c1-3-9(12-2)11-14-13-10(16-11)7-8-5-4-6-15-8/h4-6,9,12H,3,7H2,1-2H3. The van der Waals surface area contributed by atoms with Gasteiger partial charge in [-0.2, -0.15) is 0 Å². The summed E-state index contributed by atoms with van der Waals surface area (Å²) < 4.78 is 0. The molecule has 0 radical (unpaired) electrons. The lowest BCUT2D eigenvalue weighted by molar-refractivity contribution is 0.568. The predicted molar refractivity (Wildman–Crippen MR) is 69.1 cm³/mol. The molecule has 0 spiro atoms. The largest absolute Gasteiger partial charge is 0.311 e. The van der Waals surface area contributed by atoms with Gasteiger partial charge in [-0.15, -0.1) is 21.5 Å². The Hall–Kier alpha value is -0.780. The summed E-state index contributed by atoms with van der Waals surface area (Å²) >= 11 is 3.48. The van der Waals surface area contributed by atoms with Gasteiger partial charge in [0.25, 0.3) is 0 Å². The molecule has 2 aromatic heterocycles. The molecule has 0 aromatic carbocycles. The molecule has 0 saturated carbocycles. The van der Waals surface area contributed by atoms with Gasteiger partial charge in [-0.1, -0.05) is 24.3 Å². The van der Waals surface area contributed by atoms with E-state index in [0.29, 0.717) is 6.04 Å². The third-order valence-electron chi connectivity index (χ3n) is 2.44. The number of nitrogens with one attached hydrogen (secondary N) is 1. The van der Waals surface area contributed by atoms with E-state index in [2.05, 4.69) is 40.0 Å². The van der Waals surface area contributed by atoms with Crippen LogP contribution in [0.5, 0.6) is 0 Å². The van der Waals surface area contributed by atoms with Crippen LogP contribution in [0.3, 0.4) is 0 Å². The molecule has 5 heteroatoms. The summed E-state index contributed by atoms with van der Waals surface area (Å²) in [5.74, 6) is 0. The van der Waals surface area contributed by atoms with E-state index < -0.39 is 0 Å². The quantitative estimate of drug-likeness (QED) is 0.890. The normalized spacial score (nSPS) is 12.9. The Balaban J connectivity index is 2.07. The summed E-state index contributed by atoms with van der Waals surface area (Å²) in [7, 11) is 1.97. The van der Waals surface area contributed by atoms with Gasteiger partial charge in [0.1, 0.15) is 10.0 Å². The maximum atomic E-state index is 4.25. The topological polar surface area (TPSA) is 37.8 Å². The van der Waals surface area contributed by atoms with E-state index >= 15 is 0 Å². The molecule has 3 nitrogen and oxygen atoms in total. The van der Waals surface area contributed by atoms with Gasteiger partial charge < -0.3 is 5.32 Å². The highest BCUT2D eigenvalue weighted by molar-refractivity contribution is 7.12. The SMILES string of the molecule is CCC(NC)c1nnc(Cc2cccs2)s1. The fraction of sp³-hybridized carbons (Fsp3) is 0.455. The highest BCUT2D eigenvalue weighted by Gasteiger charge is 2.13. The van der Waals surface area contributed by atoms with E-state index in [0.717, 1.165) is 22.9 Å². The predicted octanol–water partition coefficient (Wildman–Crippen LogP) is 2.86. The summed E-state index contributed by atoms with van der Waals surface area (Å²) in [4.78, 5) is 1.35. The Morgan fingerprint density at radius 1 is 1.44 bits per heavy atom. The number of hydrogen-bond acceptors (Lipinski definition) is 5. The van der Waals surface area contributed by atoms with Crippen molar-refractivity contribution in [3.05, 3.63) is 32.4 Å². The first kappa shape index (κ1) is 11.7. The summed E-state index contributed by atoms with van der Waals surface area (Å²) in [5, 5.41) is 16.0. The Labute approximate surface area is 104 Å². The lowest BCUT2D eigenvalue weighted by atomic mass is 10.2. The molecular weight excluding hydrogens is 238 g/mol. The lowest BCUT2D eigenvalue weighted by Gasteiger charge is -2.07. The Morgan fingerprint density at radius 2 is 2.31 bits per heavy atom. The minimum Gasteiger partial charge on any atom is -0.311 e. The van der Waals surface area contributed by atoms with Crippen molar-refractivity contribution in [2.24, 2.45) is 0 Å². The summed E-state index contributed by atoms with van der Waals surface area (Å²) in [5.41, 5.74) is 0. The Kier molecular flexibility index (Phi) is 4.04. The second kappa shape index (κ2) is 5.52. The van der Waals surface area contributed by atoms with Crippen molar-refractivity contribution in [1.82, 2.24) is 15.5 Å². The molecule has 16 heavy (non-hydrogen) atoms. The molecule has 0 fully saturated rings. The third kappa shape index (κ3) is 2.66. The van der Waals surface area contributed by atoms with Gasteiger partial charge in [0.15, 0.2) is 0 Å². The molecule has 0 aliphatic rings. The van der Waals surface area contributed by atoms with E-state index in [9.17, 15) is 0 Å². The van der Waals surface area contributed by atoms with Crippen LogP contribution >= 0.6 is 22.7 Å². The highest BCUT2D eigenvalue weighted by Crippen LogP contribution is 2.23. The molecule has 2 rings (SSSR count). The number of aromatic nitrogens is 2. The maximum absolute atomic E-state index is 4.25. The molecule has 0 bridgehead atoms.